The first-order chi connectivity index (χ1) is 7.22. The molecule has 1 aromatic rings. The van der Waals surface area contributed by atoms with E-state index in [0.29, 0.717) is 18.5 Å². The fraction of sp³-hybridized carbons (Fsp3) is 0.364. The molecular weight excluding hydrogens is 198 g/mol. The van der Waals surface area contributed by atoms with Gasteiger partial charge in [0.2, 0.25) is 0 Å². The van der Waals surface area contributed by atoms with Gasteiger partial charge in [-0.15, -0.1) is 0 Å². The van der Waals surface area contributed by atoms with Crippen molar-refractivity contribution in [3.05, 3.63) is 34.9 Å². The highest BCUT2D eigenvalue weighted by Crippen LogP contribution is 2.23. The minimum absolute atomic E-state index is 0.259. The Morgan fingerprint density at radius 2 is 2.20 bits per heavy atom. The van der Waals surface area contributed by atoms with E-state index < -0.39 is 11.6 Å². The summed E-state index contributed by atoms with van der Waals surface area (Å²) in [4.78, 5) is 1.81. The first-order valence-electron chi connectivity index (χ1n) is 4.77. The predicted molar refractivity (Wildman–Crippen MR) is 51.0 cm³/mol. The Balaban J connectivity index is 2.32. The van der Waals surface area contributed by atoms with Gasteiger partial charge in [0.25, 0.3) is 0 Å². The van der Waals surface area contributed by atoms with Crippen molar-refractivity contribution in [3.8, 4) is 6.07 Å². The summed E-state index contributed by atoms with van der Waals surface area (Å²) in [6.07, 6.45) is 0.675. The van der Waals surface area contributed by atoms with Gasteiger partial charge in [-0.05, 0) is 18.1 Å². The summed E-state index contributed by atoms with van der Waals surface area (Å²) < 4.78 is 26.4. The third-order valence-electron chi connectivity index (χ3n) is 2.67. The van der Waals surface area contributed by atoms with Crippen molar-refractivity contribution in [1.82, 2.24) is 4.90 Å². The lowest BCUT2D eigenvalue weighted by atomic mass is 9.99. The minimum atomic E-state index is -0.812. The van der Waals surface area contributed by atoms with Gasteiger partial charge in [0.05, 0.1) is 12.6 Å². The second-order valence-electron chi connectivity index (χ2n) is 3.62. The Kier molecular flexibility index (Phi) is 2.65. The van der Waals surface area contributed by atoms with Gasteiger partial charge in [-0.1, -0.05) is 6.07 Å². The molecule has 0 aromatic heterocycles. The molecule has 0 bridgehead atoms. The molecule has 1 aromatic carbocycles. The van der Waals surface area contributed by atoms with Crippen LogP contribution in [-0.2, 0) is 13.0 Å². The summed E-state index contributed by atoms with van der Waals surface area (Å²) >= 11 is 0. The highest BCUT2D eigenvalue weighted by atomic mass is 19.2. The van der Waals surface area contributed by atoms with E-state index in [2.05, 4.69) is 0 Å². The highest BCUT2D eigenvalue weighted by Gasteiger charge is 2.20. The highest BCUT2D eigenvalue weighted by molar-refractivity contribution is 5.31. The number of rotatable bonds is 1. The molecule has 0 unspecified atom stereocenters. The lowest BCUT2D eigenvalue weighted by molar-refractivity contribution is 0.276. The maximum atomic E-state index is 13.4. The van der Waals surface area contributed by atoms with Crippen LogP contribution >= 0.6 is 0 Å². The fourth-order valence-electron chi connectivity index (χ4n) is 1.85. The number of hydrogen-bond donors (Lipinski definition) is 0. The summed E-state index contributed by atoms with van der Waals surface area (Å²) in [6.45, 7) is 1.31. The number of nitrogens with zero attached hydrogens (tertiary/aromatic N) is 2. The van der Waals surface area contributed by atoms with Crippen LogP contribution < -0.4 is 0 Å². The summed E-state index contributed by atoms with van der Waals surface area (Å²) in [5.74, 6) is -1.58. The van der Waals surface area contributed by atoms with Crippen molar-refractivity contribution in [3.63, 3.8) is 0 Å². The first-order valence-corrected chi connectivity index (χ1v) is 4.77. The molecule has 1 aliphatic heterocycles. The van der Waals surface area contributed by atoms with Crippen LogP contribution in [0.15, 0.2) is 12.1 Å². The molecule has 4 heteroatoms. The van der Waals surface area contributed by atoms with E-state index >= 15 is 0 Å². The molecule has 0 spiro atoms. The van der Waals surface area contributed by atoms with E-state index in [1.165, 1.54) is 0 Å². The van der Waals surface area contributed by atoms with Gasteiger partial charge in [0, 0.05) is 18.7 Å². The fourth-order valence-corrected chi connectivity index (χ4v) is 1.85. The molecule has 2 nitrogen and oxygen atoms in total. The average molecular weight is 208 g/mol. The lowest BCUT2D eigenvalue weighted by Crippen LogP contribution is -2.31. The predicted octanol–water partition coefficient (Wildman–Crippen LogP) is 1.85. The van der Waals surface area contributed by atoms with Crippen LogP contribution in [0.25, 0.3) is 0 Å². The lowest BCUT2D eigenvalue weighted by Gasteiger charge is -2.26. The zero-order valence-corrected chi connectivity index (χ0v) is 8.13. The molecule has 78 valence electrons. The standard InChI is InChI=1S/C11H10F2N2/c12-10-2-1-8-3-5-15(6-4-14)7-9(8)11(10)13/h1-2H,3,5-7H2. The Labute approximate surface area is 86.7 Å². The van der Waals surface area contributed by atoms with Crippen LogP contribution in [-0.4, -0.2) is 18.0 Å². The van der Waals surface area contributed by atoms with Gasteiger partial charge >= 0.3 is 0 Å². The van der Waals surface area contributed by atoms with Crippen LogP contribution in [0.2, 0.25) is 0 Å². The molecule has 15 heavy (non-hydrogen) atoms. The minimum Gasteiger partial charge on any atom is -0.286 e. The zero-order valence-electron chi connectivity index (χ0n) is 8.13. The SMILES string of the molecule is N#CCN1CCc2ccc(F)c(F)c2C1. The molecule has 2 rings (SSSR count). The van der Waals surface area contributed by atoms with E-state index in [9.17, 15) is 8.78 Å². The van der Waals surface area contributed by atoms with Crippen LogP contribution in [0, 0.1) is 23.0 Å². The molecule has 1 heterocycles. The Morgan fingerprint density at radius 3 is 2.93 bits per heavy atom. The number of hydrogen-bond acceptors (Lipinski definition) is 2. The topological polar surface area (TPSA) is 27.0 Å². The molecule has 0 N–H and O–H groups in total. The molecule has 0 aliphatic carbocycles. The molecule has 0 atom stereocenters. The van der Waals surface area contributed by atoms with Crippen molar-refractivity contribution in [1.29, 1.82) is 5.26 Å². The number of benzene rings is 1. The Bertz CT molecular complexity index is 423. The van der Waals surface area contributed by atoms with Crippen molar-refractivity contribution in [2.45, 2.75) is 13.0 Å². The largest absolute Gasteiger partial charge is 0.286 e. The molecule has 0 saturated carbocycles. The summed E-state index contributed by atoms with van der Waals surface area (Å²) in [5, 5.41) is 8.53. The number of nitriles is 1. The smallest absolute Gasteiger partial charge is 0.163 e. The number of halogens is 2. The van der Waals surface area contributed by atoms with Crippen LogP contribution in [0.5, 0.6) is 0 Å². The van der Waals surface area contributed by atoms with E-state index in [0.717, 1.165) is 18.2 Å². The first kappa shape index (κ1) is 10.1. The average Bonchev–Trinajstić information content (AvgIpc) is 2.25. The van der Waals surface area contributed by atoms with Gasteiger partial charge in [-0.2, -0.15) is 5.26 Å². The second kappa shape index (κ2) is 3.95. The van der Waals surface area contributed by atoms with Crippen molar-refractivity contribution < 1.29 is 8.78 Å². The zero-order chi connectivity index (χ0) is 10.8. The van der Waals surface area contributed by atoms with E-state index in [1.807, 2.05) is 11.0 Å². The van der Waals surface area contributed by atoms with Gasteiger partial charge in [0.1, 0.15) is 0 Å². The van der Waals surface area contributed by atoms with Gasteiger partial charge in [-0.25, -0.2) is 8.78 Å². The van der Waals surface area contributed by atoms with Gasteiger partial charge in [-0.3, -0.25) is 4.90 Å². The summed E-state index contributed by atoms with van der Waals surface area (Å²) in [6, 6.07) is 4.80. The second-order valence-corrected chi connectivity index (χ2v) is 3.62. The van der Waals surface area contributed by atoms with Crippen molar-refractivity contribution in [2.75, 3.05) is 13.1 Å². The molecule has 0 radical (unpaired) electrons. The van der Waals surface area contributed by atoms with Crippen molar-refractivity contribution in [2.24, 2.45) is 0 Å². The van der Waals surface area contributed by atoms with Crippen LogP contribution in [0.3, 0.4) is 0 Å². The quantitative estimate of drug-likeness (QED) is 0.658. The Hall–Kier alpha value is -1.47. The molecular formula is C11H10F2N2. The normalized spacial score (nSPS) is 15.8. The molecule has 0 amide bonds. The third-order valence-corrected chi connectivity index (χ3v) is 2.67. The molecule has 0 fully saturated rings. The Morgan fingerprint density at radius 1 is 1.40 bits per heavy atom. The monoisotopic (exact) mass is 208 g/mol. The van der Waals surface area contributed by atoms with Gasteiger partial charge < -0.3 is 0 Å². The van der Waals surface area contributed by atoms with E-state index in [4.69, 9.17) is 5.26 Å². The molecule has 1 aliphatic rings. The van der Waals surface area contributed by atoms with Crippen LogP contribution in [0.1, 0.15) is 11.1 Å². The number of fused-ring (bicyclic) bond motifs is 1. The third kappa shape index (κ3) is 1.83. The van der Waals surface area contributed by atoms with Gasteiger partial charge in [0.15, 0.2) is 11.6 Å². The van der Waals surface area contributed by atoms with E-state index in [1.54, 1.807) is 6.07 Å². The maximum absolute atomic E-state index is 13.4. The summed E-state index contributed by atoms with van der Waals surface area (Å²) in [5.41, 5.74) is 1.25. The van der Waals surface area contributed by atoms with Crippen molar-refractivity contribution >= 4 is 0 Å². The molecule has 0 saturated heterocycles. The van der Waals surface area contributed by atoms with Crippen LogP contribution in [0.4, 0.5) is 8.78 Å². The van der Waals surface area contributed by atoms with E-state index in [-0.39, 0.29) is 6.54 Å². The summed E-state index contributed by atoms with van der Waals surface area (Å²) in [7, 11) is 0. The maximum Gasteiger partial charge on any atom is 0.163 e.